The van der Waals surface area contributed by atoms with Crippen molar-refractivity contribution in [1.82, 2.24) is 5.32 Å². The van der Waals surface area contributed by atoms with Gasteiger partial charge in [-0.15, -0.1) is 0 Å². The Morgan fingerprint density at radius 2 is 1.80 bits per heavy atom. The van der Waals surface area contributed by atoms with E-state index in [1.165, 1.54) is 32.1 Å². The van der Waals surface area contributed by atoms with Crippen LogP contribution in [0.15, 0.2) is 0 Å². The molecule has 1 amide bonds. The molecule has 0 radical (unpaired) electrons. The highest BCUT2D eigenvalue weighted by Gasteiger charge is 2.19. The Morgan fingerprint density at radius 1 is 1.20 bits per heavy atom. The third-order valence-electron chi connectivity index (χ3n) is 3.22. The maximum absolute atomic E-state index is 11.8. The zero-order chi connectivity index (χ0) is 11.3. The topological polar surface area (TPSA) is 29.1 Å². The lowest BCUT2D eigenvalue weighted by Gasteiger charge is -2.24. The average molecular weight is 211 g/mol. The fourth-order valence-corrected chi connectivity index (χ4v) is 2.40. The van der Waals surface area contributed by atoms with Crippen LogP contribution in [0, 0.1) is 11.8 Å². The van der Waals surface area contributed by atoms with E-state index in [2.05, 4.69) is 19.2 Å². The number of carbonyl (C=O) groups is 1. The Hall–Kier alpha value is -0.530. The maximum Gasteiger partial charge on any atom is 0.223 e. The summed E-state index contributed by atoms with van der Waals surface area (Å²) in [6.45, 7) is 6.38. The van der Waals surface area contributed by atoms with Crippen molar-refractivity contribution in [2.75, 3.05) is 0 Å². The molecule has 15 heavy (non-hydrogen) atoms. The van der Waals surface area contributed by atoms with Crippen LogP contribution >= 0.6 is 0 Å². The molecule has 1 aliphatic rings. The number of amides is 1. The van der Waals surface area contributed by atoms with Gasteiger partial charge in [-0.25, -0.2) is 0 Å². The molecule has 0 saturated heterocycles. The summed E-state index contributed by atoms with van der Waals surface area (Å²) in [4.78, 5) is 11.8. The summed E-state index contributed by atoms with van der Waals surface area (Å²) in [7, 11) is 0. The molecule has 1 saturated carbocycles. The van der Waals surface area contributed by atoms with Crippen LogP contribution in [0.2, 0.25) is 0 Å². The van der Waals surface area contributed by atoms with Crippen LogP contribution in [-0.2, 0) is 4.79 Å². The summed E-state index contributed by atoms with van der Waals surface area (Å²) in [5.41, 5.74) is 0. The fourth-order valence-electron chi connectivity index (χ4n) is 2.40. The standard InChI is InChI=1S/C13H25NO/c1-10(2)9-11(3)13(15)14-12-7-5-4-6-8-12/h10-12H,4-9H2,1-3H3,(H,14,15). The van der Waals surface area contributed by atoms with Gasteiger partial charge in [-0.05, 0) is 25.2 Å². The first kappa shape index (κ1) is 12.5. The Kier molecular flexibility index (Phi) is 5.13. The van der Waals surface area contributed by atoms with Gasteiger partial charge in [-0.3, -0.25) is 4.79 Å². The normalized spacial score (nSPS) is 20.3. The number of nitrogens with one attached hydrogen (secondary N) is 1. The van der Waals surface area contributed by atoms with Crippen molar-refractivity contribution < 1.29 is 4.79 Å². The quantitative estimate of drug-likeness (QED) is 0.760. The Labute approximate surface area is 93.8 Å². The van der Waals surface area contributed by atoms with Crippen LogP contribution in [0.5, 0.6) is 0 Å². The Balaban J connectivity index is 2.27. The minimum Gasteiger partial charge on any atom is -0.353 e. The molecule has 1 rings (SSSR count). The monoisotopic (exact) mass is 211 g/mol. The molecule has 1 unspecified atom stereocenters. The molecule has 0 heterocycles. The molecule has 2 heteroatoms. The highest BCUT2D eigenvalue weighted by molar-refractivity contribution is 5.78. The third kappa shape index (κ3) is 4.67. The van der Waals surface area contributed by atoms with E-state index in [0.717, 1.165) is 6.42 Å². The van der Waals surface area contributed by atoms with Gasteiger partial charge < -0.3 is 5.32 Å². The van der Waals surface area contributed by atoms with Crippen LogP contribution in [0.4, 0.5) is 0 Å². The smallest absolute Gasteiger partial charge is 0.223 e. The second kappa shape index (κ2) is 6.14. The van der Waals surface area contributed by atoms with E-state index in [-0.39, 0.29) is 11.8 Å². The molecule has 0 bridgehead atoms. The second-order valence-electron chi connectivity index (χ2n) is 5.37. The molecule has 0 aliphatic heterocycles. The highest BCUT2D eigenvalue weighted by atomic mass is 16.1. The van der Waals surface area contributed by atoms with Crippen molar-refractivity contribution in [3.8, 4) is 0 Å². The van der Waals surface area contributed by atoms with E-state index < -0.39 is 0 Å². The van der Waals surface area contributed by atoms with Crippen LogP contribution in [0.1, 0.15) is 59.3 Å². The van der Waals surface area contributed by atoms with Gasteiger partial charge in [0.25, 0.3) is 0 Å². The first-order valence-corrected chi connectivity index (χ1v) is 6.40. The van der Waals surface area contributed by atoms with Gasteiger partial charge in [0.15, 0.2) is 0 Å². The molecule has 1 atom stereocenters. The van der Waals surface area contributed by atoms with Crippen molar-refractivity contribution in [3.05, 3.63) is 0 Å². The summed E-state index contributed by atoms with van der Waals surface area (Å²) in [5, 5.41) is 3.19. The van der Waals surface area contributed by atoms with E-state index in [4.69, 9.17) is 0 Å². The Morgan fingerprint density at radius 3 is 2.33 bits per heavy atom. The molecular formula is C13H25NO. The van der Waals surface area contributed by atoms with Crippen molar-refractivity contribution >= 4 is 5.91 Å². The number of hydrogen-bond donors (Lipinski definition) is 1. The van der Waals surface area contributed by atoms with Gasteiger partial charge in [-0.1, -0.05) is 40.0 Å². The highest BCUT2D eigenvalue weighted by Crippen LogP contribution is 2.18. The van der Waals surface area contributed by atoms with E-state index in [1.54, 1.807) is 0 Å². The molecule has 0 aromatic heterocycles. The Bertz CT molecular complexity index is 195. The van der Waals surface area contributed by atoms with E-state index >= 15 is 0 Å². The van der Waals surface area contributed by atoms with Gasteiger partial charge in [-0.2, -0.15) is 0 Å². The molecule has 2 nitrogen and oxygen atoms in total. The summed E-state index contributed by atoms with van der Waals surface area (Å²) in [5.74, 6) is 1.04. The molecule has 0 aromatic carbocycles. The van der Waals surface area contributed by atoms with Crippen molar-refractivity contribution in [1.29, 1.82) is 0 Å². The lowest BCUT2D eigenvalue weighted by atomic mass is 9.93. The molecule has 1 fully saturated rings. The fraction of sp³-hybridized carbons (Fsp3) is 0.923. The summed E-state index contributed by atoms with van der Waals surface area (Å²) < 4.78 is 0. The van der Waals surface area contributed by atoms with Gasteiger partial charge >= 0.3 is 0 Å². The lowest BCUT2D eigenvalue weighted by molar-refractivity contribution is -0.125. The summed E-state index contributed by atoms with van der Waals surface area (Å²) in [6, 6.07) is 0.459. The van der Waals surface area contributed by atoms with E-state index in [0.29, 0.717) is 12.0 Å². The zero-order valence-electron chi connectivity index (χ0n) is 10.4. The molecule has 88 valence electrons. The van der Waals surface area contributed by atoms with Crippen LogP contribution < -0.4 is 5.32 Å². The summed E-state index contributed by atoms with van der Waals surface area (Å²) in [6.07, 6.45) is 7.26. The molecular weight excluding hydrogens is 186 g/mol. The minimum atomic E-state index is 0.173. The van der Waals surface area contributed by atoms with Crippen molar-refractivity contribution in [2.45, 2.75) is 65.3 Å². The predicted octanol–water partition coefficient (Wildman–Crippen LogP) is 3.12. The number of rotatable bonds is 4. The predicted molar refractivity (Wildman–Crippen MR) is 63.6 cm³/mol. The van der Waals surface area contributed by atoms with Crippen LogP contribution in [0.25, 0.3) is 0 Å². The molecule has 1 N–H and O–H groups in total. The molecule has 1 aliphatic carbocycles. The van der Waals surface area contributed by atoms with Crippen LogP contribution in [0.3, 0.4) is 0 Å². The van der Waals surface area contributed by atoms with E-state index in [1.807, 2.05) is 6.92 Å². The zero-order valence-corrected chi connectivity index (χ0v) is 10.4. The number of hydrogen-bond acceptors (Lipinski definition) is 1. The second-order valence-corrected chi connectivity index (χ2v) is 5.37. The van der Waals surface area contributed by atoms with Gasteiger partial charge in [0.2, 0.25) is 5.91 Å². The first-order valence-electron chi connectivity index (χ1n) is 6.40. The van der Waals surface area contributed by atoms with Crippen molar-refractivity contribution in [3.63, 3.8) is 0 Å². The first-order chi connectivity index (χ1) is 7.09. The summed E-state index contributed by atoms with van der Waals surface area (Å²) >= 11 is 0. The largest absolute Gasteiger partial charge is 0.353 e. The third-order valence-corrected chi connectivity index (χ3v) is 3.22. The molecule has 0 spiro atoms. The number of carbonyl (C=O) groups excluding carboxylic acids is 1. The molecule has 0 aromatic rings. The SMILES string of the molecule is CC(C)CC(C)C(=O)NC1CCCCC1. The van der Waals surface area contributed by atoms with Gasteiger partial charge in [0, 0.05) is 12.0 Å². The van der Waals surface area contributed by atoms with E-state index in [9.17, 15) is 4.79 Å². The van der Waals surface area contributed by atoms with Gasteiger partial charge in [0.1, 0.15) is 0 Å². The minimum absolute atomic E-state index is 0.173. The van der Waals surface area contributed by atoms with Crippen LogP contribution in [-0.4, -0.2) is 11.9 Å². The van der Waals surface area contributed by atoms with Gasteiger partial charge in [0.05, 0.1) is 0 Å². The lowest BCUT2D eigenvalue weighted by Crippen LogP contribution is -2.39. The maximum atomic E-state index is 11.8. The average Bonchev–Trinajstić information content (AvgIpc) is 2.18. The van der Waals surface area contributed by atoms with Crippen molar-refractivity contribution in [2.24, 2.45) is 11.8 Å².